The van der Waals surface area contributed by atoms with E-state index in [9.17, 15) is 4.79 Å². The van der Waals surface area contributed by atoms with Crippen LogP contribution in [0.4, 0.5) is 0 Å². The van der Waals surface area contributed by atoms with E-state index in [2.05, 4.69) is 18.7 Å². The third-order valence-corrected chi connectivity index (χ3v) is 4.11. The molecule has 1 aromatic rings. The maximum atomic E-state index is 11.9. The van der Waals surface area contributed by atoms with Crippen LogP contribution in [-0.4, -0.2) is 29.3 Å². The first-order chi connectivity index (χ1) is 7.09. The second kappa shape index (κ2) is 4.06. The van der Waals surface area contributed by atoms with Gasteiger partial charge in [0.15, 0.2) is 5.78 Å². The Morgan fingerprint density at radius 3 is 2.93 bits per heavy atom. The molecule has 0 aliphatic carbocycles. The molecule has 1 saturated heterocycles. The van der Waals surface area contributed by atoms with Crippen LogP contribution in [0.2, 0.25) is 0 Å². The Kier molecular flexibility index (Phi) is 2.94. The molecule has 0 saturated carbocycles. The summed E-state index contributed by atoms with van der Waals surface area (Å²) in [7, 11) is 0. The summed E-state index contributed by atoms with van der Waals surface area (Å²) in [6.45, 7) is 6.08. The second-order valence-corrected chi connectivity index (χ2v) is 5.69. The van der Waals surface area contributed by atoms with Crippen molar-refractivity contribution in [1.29, 1.82) is 0 Å². The van der Waals surface area contributed by atoms with Gasteiger partial charge in [0.25, 0.3) is 0 Å². The normalized spacial score (nSPS) is 20.7. The Balaban J connectivity index is 2.01. The lowest BCUT2D eigenvalue weighted by atomic mass is 10.0. The summed E-state index contributed by atoms with van der Waals surface area (Å²) in [5, 5.41) is 1.96. The molecule has 2 heterocycles. The number of likely N-dealkylation sites (tertiary alicyclic amines) is 1. The predicted molar refractivity (Wildman–Crippen MR) is 63.5 cm³/mol. The number of nitrogens with zero attached hydrogens (tertiary/aromatic N) is 1. The lowest BCUT2D eigenvalue weighted by molar-refractivity contribution is 0.0875. The van der Waals surface area contributed by atoms with E-state index in [-0.39, 0.29) is 11.3 Å². The molecule has 0 spiro atoms. The Morgan fingerprint density at radius 2 is 2.40 bits per heavy atom. The van der Waals surface area contributed by atoms with E-state index in [0.29, 0.717) is 6.54 Å². The fourth-order valence-electron chi connectivity index (χ4n) is 2.14. The second-order valence-electron chi connectivity index (χ2n) is 4.74. The number of ketones is 1. The van der Waals surface area contributed by atoms with E-state index in [1.807, 2.05) is 17.5 Å². The van der Waals surface area contributed by atoms with Gasteiger partial charge in [0.2, 0.25) is 0 Å². The van der Waals surface area contributed by atoms with E-state index in [4.69, 9.17) is 0 Å². The molecule has 15 heavy (non-hydrogen) atoms. The maximum absolute atomic E-state index is 11.9. The van der Waals surface area contributed by atoms with E-state index >= 15 is 0 Å². The van der Waals surface area contributed by atoms with Gasteiger partial charge in [-0.05, 0) is 44.7 Å². The molecular weight excluding hydrogens is 206 g/mol. The molecule has 0 N–H and O–H groups in total. The highest BCUT2D eigenvalue weighted by Crippen LogP contribution is 2.28. The van der Waals surface area contributed by atoms with Crippen molar-refractivity contribution in [3.05, 3.63) is 22.4 Å². The third-order valence-electron chi connectivity index (χ3n) is 3.20. The Bertz CT molecular complexity index is 343. The number of Topliss-reactive ketones (excluding diaryl/α,β-unsaturated/α-hetero) is 1. The van der Waals surface area contributed by atoms with Crippen molar-refractivity contribution < 1.29 is 4.79 Å². The first-order valence-electron chi connectivity index (χ1n) is 5.41. The highest BCUT2D eigenvalue weighted by Gasteiger charge is 2.33. The number of hydrogen-bond acceptors (Lipinski definition) is 3. The minimum Gasteiger partial charge on any atom is -0.292 e. The average Bonchev–Trinajstić information content (AvgIpc) is 2.76. The van der Waals surface area contributed by atoms with Crippen LogP contribution in [0.5, 0.6) is 0 Å². The van der Waals surface area contributed by atoms with Gasteiger partial charge in [0.1, 0.15) is 0 Å². The van der Waals surface area contributed by atoms with E-state index < -0.39 is 0 Å². The first kappa shape index (κ1) is 10.8. The van der Waals surface area contributed by atoms with Crippen LogP contribution in [0.1, 0.15) is 36.4 Å². The van der Waals surface area contributed by atoms with Gasteiger partial charge in [-0.1, -0.05) is 6.07 Å². The molecule has 2 rings (SSSR count). The molecule has 0 radical (unpaired) electrons. The number of carbonyl (C=O) groups excluding carboxylic acids is 1. The van der Waals surface area contributed by atoms with Gasteiger partial charge in [-0.2, -0.15) is 0 Å². The highest BCUT2D eigenvalue weighted by molar-refractivity contribution is 7.12. The number of rotatable bonds is 3. The molecule has 1 fully saturated rings. The highest BCUT2D eigenvalue weighted by atomic mass is 32.1. The zero-order valence-electron chi connectivity index (χ0n) is 9.32. The van der Waals surface area contributed by atoms with Crippen LogP contribution in [0.15, 0.2) is 17.5 Å². The van der Waals surface area contributed by atoms with Crippen LogP contribution in [0, 0.1) is 0 Å². The van der Waals surface area contributed by atoms with Crippen molar-refractivity contribution in [2.24, 2.45) is 0 Å². The molecule has 1 aliphatic rings. The van der Waals surface area contributed by atoms with Crippen LogP contribution in [0.25, 0.3) is 0 Å². The minimum absolute atomic E-state index is 0.201. The molecule has 0 amide bonds. The van der Waals surface area contributed by atoms with Crippen molar-refractivity contribution in [2.45, 2.75) is 32.2 Å². The maximum Gasteiger partial charge on any atom is 0.186 e. The van der Waals surface area contributed by atoms with Crippen molar-refractivity contribution in [3.63, 3.8) is 0 Å². The van der Waals surface area contributed by atoms with Crippen molar-refractivity contribution in [1.82, 2.24) is 4.90 Å². The summed E-state index contributed by atoms with van der Waals surface area (Å²) in [4.78, 5) is 15.1. The Morgan fingerprint density at radius 1 is 1.60 bits per heavy atom. The summed E-state index contributed by atoms with van der Waals surface area (Å²) in [6.07, 6.45) is 2.41. The smallest absolute Gasteiger partial charge is 0.186 e. The molecule has 1 aliphatic heterocycles. The summed E-state index contributed by atoms with van der Waals surface area (Å²) in [5.74, 6) is 0.264. The molecular formula is C12H17NOS. The van der Waals surface area contributed by atoms with Crippen LogP contribution >= 0.6 is 11.3 Å². The zero-order chi connectivity index (χ0) is 10.9. The number of carbonyl (C=O) groups is 1. The van der Waals surface area contributed by atoms with Crippen LogP contribution < -0.4 is 0 Å². The number of hydrogen-bond donors (Lipinski definition) is 0. The molecule has 1 aromatic heterocycles. The number of thiophene rings is 1. The van der Waals surface area contributed by atoms with Gasteiger partial charge in [-0.25, -0.2) is 0 Å². The zero-order valence-corrected chi connectivity index (χ0v) is 10.1. The van der Waals surface area contributed by atoms with E-state index in [0.717, 1.165) is 11.4 Å². The lowest BCUT2D eigenvalue weighted by Gasteiger charge is -2.30. The monoisotopic (exact) mass is 223 g/mol. The van der Waals surface area contributed by atoms with Crippen molar-refractivity contribution >= 4 is 17.1 Å². The topological polar surface area (TPSA) is 20.3 Å². The Labute approximate surface area is 94.9 Å². The standard InChI is InChI=1S/C12H17NOS/c1-12(2)6-4-7-13(12)9-10(14)11-5-3-8-15-11/h3,5,8H,4,6-7,9H2,1-2H3. The van der Waals surface area contributed by atoms with Gasteiger partial charge in [-0.3, -0.25) is 9.69 Å². The minimum atomic E-state index is 0.201. The summed E-state index contributed by atoms with van der Waals surface area (Å²) in [5.41, 5.74) is 0.201. The van der Waals surface area contributed by atoms with Gasteiger partial charge < -0.3 is 0 Å². The van der Waals surface area contributed by atoms with E-state index in [1.54, 1.807) is 0 Å². The summed E-state index contributed by atoms with van der Waals surface area (Å²) < 4.78 is 0. The van der Waals surface area contributed by atoms with Gasteiger partial charge in [0, 0.05) is 5.54 Å². The third kappa shape index (κ3) is 2.29. The van der Waals surface area contributed by atoms with Gasteiger partial charge in [-0.15, -0.1) is 11.3 Å². The van der Waals surface area contributed by atoms with E-state index in [1.165, 1.54) is 24.2 Å². The molecule has 0 aromatic carbocycles. The van der Waals surface area contributed by atoms with Crippen molar-refractivity contribution in [3.8, 4) is 0 Å². The van der Waals surface area contributed by atoms with Crippen LogP contribution in [-0.2, 0) is 0 Å². The average molecular weight is 223 g/mol. The first-order valence-corrected chi connectivity index (χ1v) is 6.29. The van der Waals surface area contributed by atoms with Gasteiger partial charge in [0.05, 0.1) is 11.4 Å². The largest absolute Gasteiger partial charge is 0.292 e. The quantitative estimate of drug-likeness (QED) is 0.734. The van der Waals surface area contributed by atoms with Crippen LogP contribution in [0.3, 0.4) is 0 Å². The fourth-order valence-corrected chi connectivity index (χ4v) is 2.80. The molecule has 2 nitrogen and oxygen atoms in total. The Hall–Kier alpha value is -0.670. The van der Waals surface area contributed by atoms with Gasteiger partial charge >= 0.3 is 0 Å². The summed E-state index contributed by atoms with van der Waals surface area (Å²) >= 11 is 1.54. The molecule has 3 heteroatoms. The molecule has 0 atom stereocenters. The molecule has 0 unspecified atom stereocenters. The summed E-state index contributed by atoms with van der Waals surface area (Å²) in [6, 6.07) is 3.85. The predicted octanol–water partition coefficient (Wildman–Crippen LogP) is 2.81. The molecule has 82 valence electrons. The van der Waals surface area contributed by atoms with Crippen molar-refractivity contribution in [2.75, 3.05) is 13.1 Å². The fraction of sp³-hybridized carbons (Fsp3) is 0.583. The molecule has 0 bridgehead atoms. The SMILES string of the molecule is CC1(C)CCCN1CC(=O)c1cccs1. The lowest BCUT2D eigenvalue weighted by Crippen LogP contribution is -2.41.